The molecule has 3 aromatic rings. The van der Waals surface area contributed by atoms with Crippen LogP contribution in [0.1, 0.15) is 0 Å². The van der Waals surface area contributed by atoms with E-state index in [1.54, 1.807) is 0 Å². The van der Waals surface area contributed by atoms with E-state index >= 15 is 0 Å². The molecule has 0 radical (unpaired) electrons. The summed E-state index contributed by atoms with van der Waals surface area (Å²) < 4.78 is 0. The van der Waals surface area contributed by atoms with Crippen LogP contribution in [0.25, 0.3) is 0 Å². The monoisotopic (exact) mass is 302 g/mol. The van der Waals surface area contributed by atoms with Crippen molar-refractivity contribution >= 4 is 23.2 Å². The molecule has 0 bridgehead atoms. The highest BCUT2D eigenvalue weighted by Crippen LogP contribution is 2.54. The van der Waals surface area contributed by atoms with Crippen molar-refractivity contribution in [2.24, 2.45) is 0 Å². The first-order valence-electron chi connectivity index (χ1n) is 7.30. The highest BCUT2D eigenvalue weighted by molar-refractivity contribution is 7.95. The third-order valence-corrected chi connectivity index (χ3v) is 8.05. The summed E-state index contributed by atoms with van der Waals surface area (Å²) in [5.41, 5.74) is 0. The summed E-state index contributed by atoms with van der Waals surface area (Å²) in [5, 5.41) is 13.3. The van der Waals surface area contributed by atoms with Gasteiger partial charge in [-0.1, -0.05) is 54.6 Å². The van der Waals surface area contributed by atoms with E-state index < -0.39 is 7.26 Å². The first-order valence-corrected chi connectivity index (χ1v) is 9.27. The third kappa shape index (κ3) is 2.54. The molecule has 0 aliphatic carbocycles. The molecule has 1 nitrogen and oxygen atoms in total. The van der Waals surface area contributed by atoms with Crippen LogP contribution < -0.4 is 15.9 Å². The van der Waals surface area contributed by atoms with Gasteiger partial charge in [0, 0.05) is 0 Å². The van der Waals surface area contributed by atoms with Gasteiger partial charge in [-0.15, -0.1) is 0 Å². The average Bonchev–Trinajstić information content (AvgIpc) is 2.62. The molecule has 0 aromatic heterocycles. The van der Waals surface area contributed by atoms with Crippen LogP contribution in [0.2, 0.25) is 0 Å². The van der Waals surface area contributed by atoms with Gasteiger partial charge in [0.05, 0.1) is 0 Å². The van der Waals surface area contributed by atoms with Crippen LogP contribution in [-0.4, -0.2) is 6.16 Å². The molecule has 0 aliphatic rings. The fraction of sp³-hybridized carbons (Fsp3) is 0.0500. The number of hydrogen-bond donors (Lipinski definition) is 0. The van der Waals surface area contributed by atoms with E-state index in [4.69, 9.17) is 0 Å². The maximum absolute atomic E-state index is 9.56. The lowest BCUT2D eigenvalue weighted by molar-refractivity contribution is 1.48. The zero-order valence-corrected chi connectivity index (χ0v) is 13.2. The fourth-order valence-corrected chi connectivity index (χ4v) is 6.57. The van der Waals surface area contributed by atoms with Crippen LogP contribution in [-0.2, 0) is 0 Å². The lowest BCUT2D eigenvalue weighted by atomic mass is 10.4. The van der Waals surface area contributed by atoms with Crippen molar-refractivity contribution in [3.63, 3.8) is 0 Å². The molecule has 22 heavy (non-hydrogen) atoms. The molecule has 0 atom stereocenters. The molecule has 3 aromatic carbocycles. The van der Waals surface area contributed by atoms with Gasteiger partial charge < -0.3 is 0 Å². The molecule has 0 saturated carbocycles. The van der Waals surface area contributed by atoms with Crippen molar-refractivity contribution < 1.29 is 0 Å². The summed E-state index contributed by atoms with van der Waals surface area (Å²) in [5.74, 6) is 0. The zero-order valence-electron chi connectivity index (χ0n) is 12.3. The van der Waals surface area contributed by atoms with Crippen molar-refractivity contribution in [3.05, 3.63) is 91.0 Å². The number of nitriles is 1. The predicted molar refractivity (Wildman–Crippen MR) is 95.6 cm³/mol. The topological polar surface area (TPSA) is 23.8 Å². The van der Waals surface area contributed by atoms with Crippen molar-refractivity contribution in [2.45, 2.75) is 0 Å². The Bertz CT molecular complexity index is 664. The highest BCUT2D eigenvalue weighted by atomic mass is 31.2. The van der Waals surface area contributed by atoms with Gasteiger partial charge in [-0.2, -0.15) is 5.26 Å². The van der Waals surface area contributed by atoms with Gasteiger partial charge >= 0.3 is 0 Å². The number of rotatable bonds is 4. The molecular weight excluding hydrogens is 285 g/mol. The zero-order chi connectivity index (χ0) is 15.3. The van der Waals surface area contributed by atoms with Crippen molar-refractivity contribution in [2.75, 3.05) is 6.16 Å². The van der Waals surface area contributed by atoms with Gasteiger partial charge in [-0.05, 0) is 36.4 Å². The number of nitrogens with zero attached hydrogens (tertiary/aromatic N) is 1. The summed E-state index contributed by atoms with van der Waals surface area (Å²) >= 11 is 0. The fourth-order valence-electron chi connectivity index (χ4n) is 2.87. The van der Waals surface area contributed by atoms with Crippen molar-refractivity contribution in [1.82, 2.24) is 0 Å². The Morgan fingerprint density at radius 3 is 1.18 bits per heavy atom. The van der Waals surface area contributed by atoms with E-state index in [1.165, 1.54) is 15.9 Å². The molecule has 106 valence electrons. The van der Waals surface area contributed by atoms with Crippen LogP contribution in [0.4, 0.5) is 0 Å². The van der Waals surface area contributed by atoms with E-state index in [2.05, 4.69) is 78.9 Å². The normalized spacial score (nSPS) is 10.9. The molecule has 3 rings (SSSR count). The first kappa shape index (κ1) is 14.5. The maximum atomic E-state index is 9.56. The molecule has 0 spiro atoms. The second kappa shape index (κ2) is 6.56. The largest absolute Gasteiger partial charge is 0.194 e. The predicted octanol–water partition coefficient (Wildman–Crippen LogP) is 3.50. The minimum Gasteiger partial charge on any atom is -0.194 e. The van der Waals surface area contributed by atoms with Crippen LogP contribution in [0.5, 0.6) is 0 Å². The maximum Gasteiger partial charge on any atom is 0.159 e. The smallest absolute Gasteiger partial charge is 0.159 e. The summed E-state index contributed by atoms with van der Waals surface area (Å²) in [4.78, 5) is 0. The standard InChI is InChI=1S/C20H17NP/c21-16-17-22(18-10-4-1-5-11-18,19-12-6-2-7-13-19)20-14-8-3-9-15-20/h1-15H,17H2/q+1. The van der Waals surface area contributed by atoms with E-state index in [1.807, 2.05) is 18.2 Å². The van der Waals surface area contributed by atoms with Gasteiger partial charge in [0.2, 0.25) is 0 Å². The Kier molecular flexibility index (Phi) is 4.33. The second-order valence-electron chi connectivity index (χ2n) is 5.13. The van der Waals surface area contributed by atoms with Gasteiger partial charge in [0.1, 0.15) is 29.2 Å². The van der Waals surface area contributed by atoms with Gasteiger partial charge in [-0.25, -0.2) is 0 Å². The molecule has 2 heteroatoms. The van der Waals surface area contributed by atoms with Gasteiger partial charge in [-0.3, -0.25) is 0 Å². The van der Waals surface area contributed by atoms with Crippen LogP contribution >= 0.6 is 7.26 Å². The quantitative estimate of drug-likeness (QED) is 0.677. The van der Waals surface area contributed by atoms with E-state index in [-0.39, 0.29) is 0 Å². The minimum atomic E-state index is -1.91. The van der Waals surface area contributed by atoms with E-state index in [0.29, 0.717) is 6.16 Å². The Labute approximate surface area is 132 Å². The lowest BCUT2D eigenvalue weighted by Crippen LogP contribution is -2.32. The van der Waals surface area contributed by atoms with E-state index in [9.17, 15) is 5.26 Å². The molecule has 0 saturated heterocycles. The molecule has 0 fully saturated rings. The van der Waals surface area contributed by atoms with E-state index in [0.717, 1.165) is 0 Å². The third-order valence-electron chi connectivity index (χ3n) is 3.90. The van der Waals surface area contributed by atoms with Crippen molar-refractivity contribution in [3.8, 4) is 6.07 Å². The Hall–Kier alpha value is -2.42. The summed E-state index contributed by atoms with van der Waals surface area (Å²) in [7, 11) is -1.91. The SMILES string of the molecule is N#CC[P+](c1ccccc1)(c1ccccc1)c1ccccc1. The Morgan fingerprint density at radius 1 is 0.591 bits per heavy atom. The first-order chi connectivity index (χ1) is 10.9. The molecule has 0 amide bonds. The Morgan fingerprint density at radius 2 is 0.909 bits per heavy atom. The molecule has 0 aliphatic heterocycles. The minimum absolute atomic E-state index is 0.519. The molecule has 0 unspecified atom stereocenters. The second-order valence-corrected chi connectivity index (χ2v) is 8.62. The molecular formula is C20H17NP+. The van der Waals surface area contributed by atoms with Crippen LogP contribution in [0, 0.1) is 11.3 Å². The summed E-state index contributed by atoms with van der Waals surface area (Å²) in [6.07, 6.45) is 0.519. The van der Waals surface area contributed by atoms with Gasteiger partial charge in [0.15, 0.2) is 6.16 Å². The molecule has 0 N–H and O–H groups in total. The number of hydrogen-bond acceptors (Lipinski definition) is 1. The van der Waals surface area contributed by atoms with Crippen LogP contribution in [0.3, 0.4) is 0 Å². The summed E-state index contributed by atoms with van der Waals surface area (Å²) in [6, 6.07) is 33.9. The summed E-state index contributed by atoms with van der Waals surface area (Å²) in [6.45, 7) is 0. The average molecular weight is 302 g/mol. The lowest BCUT2D eigenvalue weighted by Gasteiger charge is -2.25. The Balaban J connectivity index is 2.32. The highest BCUT2D eigenvalue weighted by Gasteiger charge is 2.45. The van der Waals surface area contributed by atoms with Crippen LogP contribution in [0.15, 0.2) is 91.0 Å². The number of benzene rings is 3. The molecule has 0 heterocycles. The van der Waals surface area contributed by atoms with Gasteiger partial charge in [0.25, 0.3) is 0 Å². The van der Waals surface area contributed by atoms with Crippen molar-refractivity contribution in [1.29, 1.82) is 5.26 Å².